The van der Waals surface area contributed by atoms with Crippen molar-refractivity contribution in [2.24, 2.45) is 7.05 Å². The first-order chi connectivity index (χ1) is 12.6. The molecule has 0 bridgehead atoms. The monoisotopic (exact) mass is 375 g/mol. The minimum absolute atomic E-state index is 0.0864. The highest BCUT2D eigenvalue weighted by atomic mass is 16.5. The number of ether oxygens (including phenoxy) is 2. The number of carbonyl (C=O) groups excluding carboxylic acids is 1. The van der Waals surface area contributed by atoms with Gasteiger partial charge in [0.2, 0.25) is 0 Å². The molecule has 1 unspecified atom stereocenters. The van der Waals surface area contributed by atoms with Crippen molar-refractivity contribution < 1.29 is 28.7 Å². The Hall–Kier alpha value is -2.54. The van der Waals surface area contributed by atoms with Crippen molar-refractivity contribution >= 4 is 23.0 Å². The van der Waals surface area contributed by atoms with Crippen LogP contribution in [0.4, 0.5) is 4.79 Å². The smallest absolute Gasteiger partial charge is 0.495 e. The molecule has 0 spiro atoms. The first-order valence-electron chi connectivity index (χ1n) is 8.95. The van der Waals surface area contributed by atoms with Crippen molar-refractivity contribution in [3.63, 3.8) is 0 Å². The second-order valence-corrected chi connectivity index (χ2v) is 8.07. The minimum atomic E-state index is -0.854. The Morgan fingerprint density at radius 1 is 1.22 bits per heavy atom. The molecule has 1 atom stereocenters. The molecule has 3 rings (SSSR count). The molecule has 0 aliphatic carbocycles. The first kappa shape index (κ1) is 19.2. The van der Waals surface area contributed by atoms with E-state index in [-0.39, 0.29) is 4.48 Å². The second kappa shape index (κ2) is 6.27. The van der Waals surface area contributed by atoms with Crippen LogP contribution in [0.15, 0.2) is 12.1 Å². The van der Waals surface area contributed by atoms with E-state index in [2.05, 4.69) is 0 Å². The number of carboxylic acid groups (broad SMARTS) is 1. The number of esters is 1. The van der Waals surface area contributed by atoms with Gasteiger partial charge in [0.25, 0.3) is 0 Å². The quantitative estimate of drug-likeness (QED) is 0.644. The summed E-state index contributed by atoms with van der Waals surface area (Å²) in [6.07, 6.45) is -0.249. The number of nitrogens with zero attached hydrogens (tertiary/aromatic N) is 2. The van der Waals surface area contributed by atoms with Crippen molar-refractivity contribution in [2.45, 2.75) is 39.3 Å². The van der Waals surface area contributed by atoms with Gasteiger partial charge in [-0.2, -0.15) is 4.79 Å². The summed E-state index contributed by atoms with van der Waals surface area (Å²) in [7, 11) is 4.87. The molecule has 27 heavy (non-hydrogen) atoms. The highest BCUT2D eigenvalue weighted by Crippen LogP contribution is 2.42. The van der Waals surface area contributed by atoms with Crippen LogP contribution in [0, 0.1) is 0 Å². The van der Waals surface area contributed by atoms with Crippen molar-refractivity contribution in [2.75, 3.05) is 20.8 Å². The predicted molar refractivity (Wildman–Crippen MR) is 101 cm³/mol. The Kier molecular flexibility index (Phi) is 4.46. The lowest BCUT2D eigenvalue weighted by Gasteiger charge is -2.45. The average Bonchev–Trinajstić information content (AvgIpc) is 2.92. The van der Waals surface area contributed by atoms with Crippen molar-refractivity contribution in [3.8, 4) is 5.75 Å². The van der Waals surface area contributed by atoms with Crippen LogP contribution in [0.3, 0.4) is 0 Å². The lowest BCUT2D eigenvalue weighted by Crippen LogP contribution is -2.64. The Bertz CT molecular complexity index is 938. The van der Waals surface area contributed by atoms with Crippen molar-refractivity contribution in [3.05, 3.63) is 29.0 Å². The summed E-state index contributed by atoms with van der Waals surface area (Å²) >= 11 is 0. The summed E-state index contributed by atoms with van der Waals surface area (Å²) in [6.45, 7) is 6.63. The third kappa shape index (κ3) is 2.60. The summed E-state index contributed by atoms with van der Waals surface area (Å²) in [6, 6.07) is 3.44. The molecule has 2 heterocycles. The molecule has 1 N–H and O–H groups in total. The number of methoxy groups -OCH3 is 2. The van der Waals surface area contributed by atoms with E-state index in [9.17, 15) is 14.7 Å². The molecule has 1 aromatic heterocycles. The zero-order valence-corrected chi connectivity index (χ0v) is 16.8. The van der Waals surface area contributed by atoms with Crippen molar-refractivity contribution in [1.82, 2.24) is 4.57 Å². The van der Waals surface area contributed by atoms with Gasteiger partial charge in [0, 0.05) is 30.1 Å². The molecule has 1 aliphatic rings. The number of aryl methyl sites for hydroxylation is 1. The van der Waals surface area contributed by atoms with E-state index < -0.39 is 17.6 Å². The summed E-state index contributed by atoms with van der Waals surface area (Å²) in [4.78, 5) is 24.7. The molecular formula is C20H27N2O5+. The lowest BCUT2D eigenvalue weighted by atomic mass is 9.92. The number of rotatable bonds is 2. The highest BCUT2D eigenvalue weighted by molar-refractivity contribution is 6.07. The van der Waals surface area contributed by atoms with Gasteiger partial charge < -0.3 is 19.1 Å². The van der Waals surface area contributed by atoms with Gasteiger partial charge in [0.05, 0.1) is 31.8 Å². The Labute approximate surface area is 158 Å². The maximum atomic E-state index is 12.4. The molecule has 1 aliphatic heterocycles. The maximum Gasteiger partial charge on any atom is 0.514 e. The highest BCUT2D eigenvalue weighted by Gasteiger charge is 2.51. The fourth-order valence-electron chi connectivity index (χ4n) is 4.29. The van der Waals surface area contributed by atoms with E-state index in [0.717, 1.165) is 22.2 Å². The van der Waals surface area contributed by atoms with Crippen LogP contribution in [0.5, 0.6) is 5.75 Å². The average molecular weight is 375 g/mol. The van der Waals surface area contributed by atoms with Gasteiger partial charge in [-0.1, -0.05) is 0 Å². The molecular weight excluding hydrogens is 348 g/mol. The SMILES string of the molecule is COC(=O)c1ccc(OC)c2c1c1c(n2C)CC[N+](C(=O)O)(C(C)(C)C)C1. The zero-order chi connectivity index (χ0) is 20.1. The third-order valence-corrected chi connectivity index (χ3v) is 5.97. The van der Waals surface area contributed by atoms with E-state index in [0.29, 0.717) is 30.8 Å². The van der Waals surface area contributed by atoms with E-state index in [1.54, 1.807) is 19.2 Å². The molecule has 2 aromatic rings. The van der Waals surface area contributed by atoms with Crippen LogP contribution >= 0.6 is 0 Å². The van der Waals surface area contributed by atoms with Gasteiger partial charge >= 0.3 is 12.1 Å². The minimum Gasteiger partial charge on any atom is -0.495 e. The maximum absolute atomic E-state index is 12.4. The van der Waals surface area contributed by atoms with E-state index >= 15 is 0 Å². The third-order valence-electron chi connectivity index (χ3n) is 5.97. The van der Waals surface area contributed by atoms with Gasteiger partial charge in [-0.3, -0.25) is 0 Å². The molecule has 146 valence electrons. The normalized spacial score (nSPS) is 19.6. The Balaban J connectivity index is 2.37. The zero-order valence-electron chi connectivity index (χ0n) is 16.8. The van der Waals surface area contributed by atoms with E-state index in [4.69, 9.17) is 9.47 Å². The van der Waals surface area contributed by atoms with Crippen LogP contribution in [-0.4, -0.2) is 52.5 Å². The molecule has 1 amide bonds. The Morgan fingerprint density at radius 2 is 1.89 bits per heavy atom. The fourth-order valence-corrected chi connectivity index (χ4v) is 4.29. The Morgan fingerprint density at radius 3 is 2.41 bits per heavy atom. The number of hydrogen-bond donors (Lipinski definition) is 1. The predicted octanol–water partition coefficient (Wildman–Crippen LogP) is 3.32. The van der Waals surface area contributed by atoms with Crippen LogP contribution in [-0.2, 0) is 24.8 Å². The van der Waals surface area contributed by atoms with Gasteiger partial charge in [-0.25, -0.2) is 9.28 Å². The number of aromatic nitrogens is 1. The molecule has 0 fully saturated rings. The van der Waals surface area contributed by atoms with Crippen LogP contribution < -0.4 is 4.74 Å². The molecule has 7 nitrogen and oxygen atoms in total. The number of carbonyl (C=O) groups is 2. The van der Waals surface area contributed by atoms with Crippen LogP contribution in [0.2, 0.25) is 0 Å². The molecule has 0 saturated carbocycles. The number of amides is 1. The number of hydrogen-bond acceptors (Lipinski definition) is 4. The molecule has 0 radical (unpaired) electrons. The van der Waals surface area contributed by atoms with E-state index in [1.807, 2.05) is 32.4 Å². The lowest BCUT2D eigenvalue weighted by molar-refractivity contribution is -0.917. The fraction of sp³-hybridized carbons (Fsp3) is 0.500. The summed E-state index contributed by atoms with van der Waals surface area (Å²) in [5.41, 5.74) is 2.67. The van der Waals surface area contributed by atoms with E-state index in [1.165, 1.54) is 7.11 Å². The molecule has 7 heteroatoms. The van der Waals surface area contributed by atoms with Crippen LogP contribution in [0.25, 0.3) is 10.9 Å². The van der Waals surface area contributed by atoms with Crippen molar-refractivity contribution in [1.29, 1.82) is 0 Å². The number of fused-ring (bicyclic) bond motifs is 3. The van der Waals surface area contributed by atoms with Gasteiger partial charge in [-0.05, 0) is 32.9 Å². The summed E-state index contributed by atoms with van der Waals surface area (Å²) in [5.74, 6) is 0.213. The van der Waals surface area contributed by atoms with Crippen LogP contribution in [0.1, 0.15) is 42.4 Å². The summed E-state index contributed by atoms with van der Waals surface area (Å²) < 4.78 is 12.4. The topological polar surface area (TPSA) is 77.8 Å². The molecule has 0 saturated heterocycles. The standard InChI is InChI=1S/C20H26N2O5/c1-20(2,3)22(19(24)25)10-9-14-13(11-22)16-12(18(23)27-6)7-8-15(26-5)17(16)21(14)4/h7-8H,9-11H2,1-6H3/p+1. The van der Waals surface area contributed by atoms with Gasteiger partial charge in [0.1, 0.15) is 17.8 Å². The molecule has 1 aromatic carbocycles. The van der Waals surface area contributed by atoms with Gasteiger partial charge in [-0.15, -0.1) is 0 Å². The number of benzene rings is 1. The summed E-state index contributed by atoms with van der Waals surface area (Å²) in [5, 5.41) is 10.8. The van der Waals surface area contributed by atoms with Gasteiger partial charge in [0.15, 0.2) is 0 Å². The number of quaternary nitrogens is 1. The largest absolute Gasteiger partial charge is 0.514 e. The first-order valence-corrected chi connectivity index (χ1v) is 8.95. The second-order valence-electron chi connectivity index (χ2n) is 8.07.